The molecule has 118 valence electrons. The van der Waals surface area contributed by atoms with Crippen molar-refractivity contribution in [3.63, 3.8) is 0 Å². The molecule has 3 rings (SSSR count). The molecule has 1 aliphatic carbocycles. The van der Waals surface area contributed by atoms with Gasteiger partial charge in [-0.1, -0.05) is 25.9 Å². The number of aromatic nitrogens is 2. The topological polar surface area (TPSA) is 51.0 Å². The minimum Gasteiger partial charge on any atom is -0.339 e. The van der Waals surface area contributed by atoms with Gasteiger partial charge < -0.3 is 9.84 Å². The number of nitrogens with one attached hydrogen (secondary N) is 1. The molecule has 2 aliphatic rings. The molecule has 1 aliphatic heterocycles. The van der Waals surface area contributed by atoms with Crippen LogP contribution in [0.4, 0.5) is 0 Å². The molecule has 0 radical (unpaired) electrons. The van der Waals surface area contributed by atoms with Crippen LogP contribution in [-0.4, -0.2) is 23.2 Å². The molecule has 1 aromatic heterocycles. The molecular weight excluding hydrogens is 262 g/mol. The number of hydrogen-bond donors (Lipinski definition) is 1. The molecule has 2 heterocycles. The highest BCUT2D eigenvalue weighted by molar-refractivity contribution is 4.99. The summed E-state index contributed by atoms with van der Waals surface area (Å²) in [6, 6.07) is 0. The van der Waals surface area contributed by atoms with Crippen molar-refractivity contribution in [2.24, 2.45) is 17.3 Å². The summed E-state index contributed by atoms with van der Waals surface area (Å²) >= 11 is 0. The maximum Gasteiger partial charge on any atom is 0.226 e. The summed E-state index contributed by atoms with van der Waals surface area (Å²) in [5.41, 5.74) is 0.433. The van der Waals surface area contributed by atoms with E-state index in [-0.39, 0.29) is 0 Å². The van der Waals surface area contributed by atoms with Crippen LogP contribution in [0.3, 0.4) is 0 Å². The van der Waals surface area contributed by atoms with Gasteiger partial charge in [0.05, 0.1) is 0 Å². The molecule has 1 aromatic rings. The molecule has 2 fully saturated rings. The quantitative estimate of drug-likeness (QED) is 0.925. The highest BCUT2D eigenvalue weighted by Gasteiger charge is 2.32. The second-order valence-electron chi connectivity index (χ2n) is 8.02. The van der Waals surface area contributed by atoms with E-state index < -0.39 is 0 Å². The van der Waals surface area contributed by atoms with Crippen LogP contribution in [0.5, 0.6) is 0 Å². The van der Waals surface area contributed by atoms with Gasteiger partial charge in [-0.3, -0.25) is 0 Å². The van der Waals surface area contributed by atoms with Gasteiger partial charge in [0, 0.05) is 12.3 Å². The van der Waals surface area contributed by atoms with Crippen molar-refractivity contribution >= 4 is 0 Å². The third-order valence-electron chi connectivity index (χ3n) is 5.43. The van der Waals surface area contributed by atoms with Gasteiger partial charge in [-0.25, -0.2) is 0 Å². The van der Waals surface area contributed by atoms with Crippen molar-refractivity contribution in [1.29, 1.82) is 0 Å². The molecule has 1 unspecified atom stereocenters. The summed E-state index contributed by atoms with van der Waals surface area (Å²) in [6.45, 7) is 9.30. The van der Waals surface area contributed by atoms with E-state index in [0.717, 1.165) is 37.1 Å². The predicted octanol–water partition coefficient (Wildman–Crippen LogP) is 3.54. The molecule has 4 nitrogen and oxygen atoms in total. The average Bonchev–Trinajstić information content (AvgIpc) is 3.10. The lowest BCUT2D eigenvalue weighted by molar-refractivity contribution is 0.166. The summed E-state index contributed by atoms with van der Waals surface area (Å²) < 4.78 is 5.49. The van der Waals surface area contributed by atoms with Crippen LogP contribution in [0.25, 0.3) is 0 Å². The normalized spacial score (nSPS) is 30.7. The second kappa shape index (κ2) is 6.07. The van der Waals surface area contributed by atoms with Crippen LogP contribution in [0.15, 0.2) is 4.52 Å². The van der Waals surface area contributed by atoms with Gasteiger partial charge in [-0.05, 0) is 62.4 Å². The number of rotatable bonds is 3. The van der Waals surface area contributed by atoms with Gasteiger partial charge in [0.15, 0.2) is 5.82 Å². The maximum absolute atomic E-state index is 5.49. The van der Waals surface area contributed by atoms with Gasteiger partial charge in [-0.2, -0.15) is 4.98 Å². The van der Waals surface area contributed by atoms with E-state index in [1.165, 1.54) is 32.1 Å². The first-order valence-corrected chi connectivity index (χ1v) is 8.55. The molecule has 1 saturated heterocycles. The fourth-order valence-corrected chi connectivity index (χ4v) is 3.87. The molecule has 1 N–H and O–H groups in total. The average molecular weight is 291 g/mol. The summed E-state index contributed by atoms with van der Waals surface area (Å²) in [7, 11) is 0. The second-order valence-corrected chi connectivity index (χ2v) is 8.02. The summed E-state index contributed by atoms with van der Waals surface area (Å²) in [4.78, 5) is 4.68. The molecule has 0 aromatic carbocycles. The Morgan fingerprint density at radius 2 is 1.90 bits per heavy atom. The molecule has 1 atom stereocenters. The standard InChI is InChI=1S/C17H29N3O/c1-17(2,3)14-6-4-13(5-7-14)16-19-15(21-20-16)10-12-8-9-18-11-12/h12-14,18H,4-11H2,1-3H3. The van der Waals surface area contributed by atoms with E-state index >= 15 is 0 Å². The smallest absolute Gasteiger partial charge is 0.226 e. The van der Waals surface area contributed by atoms with E-state index in [2.05, 4.69) is 36.2 Å². The Morgan fingerprint density at radius 3 is 2.52 bits per heavy atom. The van der Waals surface area contributed by atoms with Crippen molar-refractivity contribution in [3.8, 4) is 0 Å². The van der Waals surface area contributed by atoms with Gasteiger partial charge >= 0.3 is 0 Å². The zero-order chi connectivity index (χ0) is 14.9. The van der Waals surface area contributed by atoms with E-state index in [9.17, 15) is 0 Å². The Balaban J connectivity index is 1.55. The van der Waals surface area contributed by atoms with Crippen LogP contribution in [-0.2, 0) is 6.42 Å². The SMILES string of the molecule is CC(C)(C)C1CCC(c2noc(CC3CCNC3)n2)CC1. The molecule has 0 spiro atoms. The summed E-state index contributed by atoms with van der Waals surface area (Å²) in [6.07, 6.45) is 7.19. The van der Waals surface area contributed by atoms with E-state index in [4.69, 9.17) is 4.52 Å². The van der Waals surface area contributed by atoms with Crippen LogP contribution in [0, 0.1) is 17.3 Å². The third kappa shape index (κ3) is 3.65. The van der Waals surface area contributed by atoms with Crippen LogP contribution >= 0.6 is 0 Å². The maximum atomic E-state index is 5.49. The predicted molar refractivity (Wildman–Crippen MR) is 83.1 cm³/mol. The highest BCUT2D eigenvalue weighted by atomic mass is 16.5. The Kier molecular flexibility index (Phi) is 4.34. The van der Waals surface area contributed by atoms with Crippen molar-refractivity contribution in [1.82, 2.24) is 15.5 Å². The first-order valence-electron chi connectivity index (χ1n) is 8.55. The largest absolute Gasteiger partial charge is 0.339 e. The molecular formula is C17H29N3O. The number of nitrogens with zero attached hydrogens (tertiary/aromatic N) is 2. The highest BCUT2D eigenvalue weighted by Crippen LogP contribution is 2.42. The first kappa shape index (κ1) is 15.0. The Morgan fingerprint density at radius 1 is 1.14 bits per heavy atom. The fourth-order valence-electron chi connectivity index (χ4n) is 3.87. The Hall–Kier alpha value is -0.900. The van der Waals surface area contributed by atoms with Crippen molar-refractivity contribution in [2.75, 3.05) is 13.1 Å². The zero-order valence-corrected chi connectivity index (χ0v) is 13.7. The molecule has 0 bridgehead atoms. The zero-order valence-electron chi connectivity index (χ0n) is 13.7. The molecule has 1 saturated carbocycles. The lowest BCUT2D eigenvalue weighted by atomic mass is 9.70. The van der Waals surface area contributed by atoms with Gasteiger partial charge in [0.25, 0.3) is 0 Å². The molecule has 4 heteroatoms. The third-order valence-corrected chi connectivity index (χ3v) is 5.43. The monoisotopic (exact) mass is 291 g/mol. The van der Waals surface area contributed by atoms with E-state index in [1.807, 2.05) is 0 Å². The lowest BCUT2D eigenvalue weighted by Gasteiger charge is -2.36. The van der Waals surface area contributed by atoms with E-state index in [1.54, 1.807) is 0 Å². The fraction of sp³-hybridized carbons (Fsp3) is 0.882. The lowest BCUT2D eigenvalue weighted by Crippen LogP contribution is -2.25. The Bertz CT molecular complexity index is 449. The van der Waals surface area contributed by atoms with Gasteiger partial charge in [-0.15, -0.1) is 0 Å². The molecule has 0 amide bonds. The van der Waals surface area contributed by atoms with Crippen LogP contribution in [0.2, 0.25) is 0 Å². The van der Waals surface area contributed by atoms with E-state index in [0.29, 0.717) is 17.3 Å². The van der Waals surface area contributed by atoms with Gasteiger partial charge in [0.1, 0.15) is 0 Å². The summed E-state index contributed by atoms with van der Waals surface area (Å²) in [5, 5.41) is 7.65. The van der Waals surface area contributed by atoms with Crippen LogP contribution < -0.4 is 5.32 Å². The first-order chi connectivity index (χ1) is 10.0. The van der Waals surface area contributed by atoms with Crippen molar-refractivity contribution in [2.45, 2.75) is 65.2 Å². The Labute approximate surface area is 128 Å². The molecule has 21 heavy (non-hydrogen) atoms. The summed E-state index contributed by atoms with van der Waals surface area (Å²) in [5.74, 6) is 3.84. The van der Waals surface area contributed by atoms with Crippen LogP contribution in [0.1, 0.15) is 70.5 Å². The minimum atomic E-state index is 0.433. The minimum absolute atomic E-state index is 0.433. The van der Waals surface area contributed by atoms with Gasteiger partial charge in [0.2, 0.25) is 5.89 Å². The van der Waals surface area contributed by atoms with Crippen molar-refractivity contribution < 1.29 is 4.52 Å². The van der Waals surface area contributed by atoms with Crippen molar-refractivity contribution in [3.05, 3.63) is 11.7 Å². The number of hydrogen-bond acceptors (Lipinski definition) is 4.